The van der Waals surface area contributed by atoms with Crippen LogP contribution in [0.25, 0.3) is 0 Å². The molecule has 0 aliphatic carbocycles. The lowest BCUT2D eigenvalue weighted by Gasteiger charge is -2.34. The summed E-state index contributed by atoms with van der Waals surface area (Å²) in [7, 11) is -8.76. The topological polar surface area (TPSA) is 55.4 Å². The maximum absolute atomic E-state index is 6.54. The Kier molecular flexibility index (Phi) is 26.0. The van der Waals surface area contributed by atoms with Crippen molar-refractivity contribution in [3.05, 3.63) is 119 Å². The molecule has 11 heteroatoms. The standard InChI is InChI=1S/C20H30O3Si2.C16H20O2Si.C12H30OSi2.2CH4/c1-17-7-11-19(12-8-17)21-15-24(3,4)23-25(5,6)16-22-20-13-9-18(2)10-14-20;1-13-5-9-15(10-6-13)17-19(3,4)18-16-11-7-14(2)8-12-16;1-7-9-11-14(3,4)13-15(5,6)12-10-8-2;;/h7-14H,15-16H2,1-6H3;5-12H,1-4H3;7-12H2,1-6H3;2*1H4. The molecule has 0 radical (unpaired) electrons. The van der Waals surface area contributed by atoms with Gasteiger partial charge in [0.05, 0.1) is 0 Å². The van der Waals surface area contributed by atoms with Crippen molar-refractivity contribution >= 4 is 41.8 Å². The molecule has 0 amide bonds. The van der Waals surface area contributed by atoms with Crippen LogP contribution in [0.4, 0.5) is 0 Å². The molecule has 0 aliphatic rings. The number of hydrogen-bond donors (Lipinski definition) is 0. The minimum atomic E-state index is -2.22. The summed E-state index contributed by atoms with van der Waals surface area (Å²) >= 11 is 0. The van der Waals surface area contributed by atoms with Crippen molar-refractivity contribution in [3.8, 4) is 23.0 Å². The van der Waals surface area contributed by atoms with Crippen LogP contribution in [0.1, 0.15) is 76.6 Å². The molecule has 0 spiro atoms. The smallest absolute Gasteiger partial charge is 0.454 e. The summed E-state index contributed by atoms with van der Waals surface area (Å²) in [6, 6.07) is 35.2. The predicted molar refractivity (Wildman–Crippen MR) is 279 cm³/mol. The van der Waals surface area contributed by atoms with Gasteiger partial charge < -0.3 is 26.6 Å². The maximum Gasteiger partial charge on any atom is 0.454 e. The van der Waals surface area contributed by atoms with Gasteiger partial charge in [0.25, 0.3) is 0 Å². The van der Waals surface area contributed by atoms with Crippen molar-refractivity contribution < 1.29 is 26.6 Å². The summed E-state index contributed by atoms with van der Waals surface area (Å²) in [5, 5.41) is 0. The minimum absolute atomic E-state index is 0. The number of unbranched alkanes of at least 4 members (excludes halogenated alkanes) is 2. The molecule has 4 rings (SSSR count). The zero-order valence-electron chi connectivity index (χ0n) is 39.8. The zero-order valence-corrected chi connectivity index (χ0v) is 44.8. The van der Waals surface area contributed by atoms with Gasteiger partial charge in [0.2, 0.25) is 16.6 Å². The SMILES string of the molecule is C.C.CCCC[Si](C)(C)O[Si](C)(C)CCCC.Cc1ccc(OC[Si](C)(C)O[Si](C)(C)COc2ccc(C)cc2)cc1.Cc1ccc(O[Si](C)(C)Oc2ccc(C)cc2)cc1. The fourth-order valence-electron chi connectivity index (χ4n) is 6.45. The summed E-state index contributed by atoms with van der Waals surface area (Å²) in [5.74, 6) is 3.55. The Balaban J connectivity index is 0.000000902. The predicted octanol–water partition coefficient (Wildman–Crippen LogP) is 16.0. The van der Waals surface area contributed by atoms with Crippen LogP contribution in [0, 0.1) is 27.7 Å². The third-order valence-electron chi connectivity index (χ3n) is 9.35. The number of aryl methyl sites for hydroxylation is 4. The highest BCUT2D eigenvalue weighted by atomic mass is 28.4. The molecule has 0 aromatic heterocycles. The molecule has 0 heterocycles. The second-order valence-electron chi connectivity index (χ2n) is 18.9. The maximum atomic E-state index is 6.54. The van der Waals surface area contributed by atoms with Gasteiger partial charge in [0.15, 0.2) is 16.6 Å². The first-order valence-corrected chi connectivity index (χ1v) is 37.0. The van der Waals surface area contributed by atoms with Gasteiger partial charge in [-0.25, -0.2) is 0 Å². The molecule has 0 fully saturated rings. The van der Waals surface area contributed by atoms with E-state index in [2.05, 4.69) is 118 Å². The minimum Gasteiger partial charge on any atom is -0.512 e. The van der Waals surface area contributed by atoms with Gasteiger partial charge in [-0.3, -0.25) is 0 Å². The third-order valence-corrected chi connectivity index (χ3v) is 24.4. The van der Waals surface area contributed by atoms with Crippen LogP contribution in [0.2, 0.25) is 77.6 Å². The van der Waals surface area contributed by atoms with Gasteiger partial charge in [-0.1, -0.05) is 125 Å². The average molecular weight is 926 g/mol. The van der Waals surface area contributed by atoms with Crippen LogP contribution in [0.3, 0.4) is 0 Å². The Hall–Kier alpha value is -2.92. The number of hydrogen-bond acceptors (Lipinski definition) is 6. The molecular formula is C50H88O6Si5. The second kappa shape index (κ2) is 27.3. The zero-order chi connectivity index (χ0) is 44.3. The van der Waals surface area contributed by atoms with Crippen molar-refractivity contribution in [2.75, 3.05) is 12.5 Å². The van der Waals surface area contributed by atoms with E-state index in [4.69, 9.17) is 26.6 Å². The van der Waals surface area contributed by atoms with Gasteiger partial charge in [0, 0.05) is 13.1 Å². The van der Waals surface area contributed by atoms with Gasteiger partial charge >= 0.3 is 8.56 Å². The Morgan fingerprint density at radius 3 is 0.869 bits per heavy atom. The first-order valence-electron chi connectivity index (χ1n) is 21.7. The van der Waals surface area contributed by atoms with Crippen molar-refractivity contribution in [2.45, 2.75) is 160 Å². The Labute approximate surface area is 380 Å². The van der Waals surface area contributed by atoms with Gasteiger partial charge in [-0.05, 0) is 141 Å². The van der Waals surface area contributed by atoms with Gasteiger partial charge in [-0.15, -0.1) is 0 Å². The van der Waals surface area contributed by atoms with E-state index in [1.807, 2.05) is 85.9 Å². The molecule has 4 aromatic carbocycles. The second-order valence-corrected chi connectivity index (χ2v) is 39.4. The highest BCUT2D eigenvalue weighted by molar-refractivity contribution is 6.85. The van der Waals surface area contributed by atoms with Crippen molar-refractivity contribution in [3.63, 3.8) is 0 Å². The largest absolute Gasteiger partial charge is 0.512 e. The van der Waals surface area contributed by atoms with E-state index in [-0.39, 0.29) is 14.9 Å². The Morgan fingerprint density at radius 2 is 0.607 bits per heavy atom. The van der Waals surface area contributed by atoms with E-state index in [9.17, 15) is 0 Å². The summed E-state index contributed by atoms with van der Waals surface area (Å²) < 4.78 is 37.0. The molecular weight excluding hydrogens is 837 g/mol. The molecule has 0 atom stereocenters. The fourth-order valence-corrected chi connectivity index (χ4v) is 24.6. The van der Waals surface area contributed by atoms with Crippen LogP contribution in [0.5, 0.6) is 23.0 Å². The fraction of sp³-hybridized carbons (Fsp3) is 0.520. The van der Waals surface area contributed by atoms with E-state index < -0.39 is 41.8 Å². The molecule has 0 saturated heterocycles. The highest BCUT2D eigenvalue weighted by Crippen LogP contribution is 2.25. The van der Waals surface area contributed by atoms with E-state index >= 15 is 0 Å². The van der Waals surface area contributed by atoms with E-state index in [0.29, 0.717) is 12.5 Å². The molecule has 0 saturated carbocycles. The number of benzene rings is 4. The van der Waals surface area contributed by atoms with E-state index in [0.717, 1.165) is 23.0 Å². The van der Waals surface area contributed by atoms with E-state index in [1.165, 1.54) is 60.0 Å². The van der Waals surface area contributed by atoms with Crippen molar-refractivity contribution in [1.29, 1.82) is 0 Å². The van der Waals surface area contributed by atoms with Gasteiger partial charge in [0.1, 0.15) is 35.5 Å². The Morgan fingerprint density at radius 1 is 0.361 bits per heavy atom. The van der Waals surface area contributed by atoms with Crippen LogP contribution in [-0.2, 0) is 8.23 Å². The molecule has 344 valence electrons. The average Bonchev–Trinajstić information content (AvgIpc) is 3.14. The lowest BCUT2D eigenvalue weighted by atomic mass is 10.2. The summed E-state index contributed by atoms with van der Waals surface area (Å²) in [4.78, 5) is 0. The van der Waals surface area contributed by atoms with Crippen LogP contribution >= 0.6 is 0 Å². The van der Waals surface area contributed by atoms with Crippen molar-refractivity contribution in [1.82, 2.24) is 0 Å². The number of ether oxygens (including phenoxy) is 2. The summed E-state index contributed by atoms with van der Waals surface area (Å²) in [6.45, 7) is 35.3. The summed E-state index contributed by atoms with van der Waals surface area (Å²) in [6.07, 6.45) is 6.59. The van der Waals surface area contributed by atoms with E-state index in [1.54, 1.807) is 0 Å². The summed E-state index contributed by atoms with van der Waals surface area (Å²) in [5.41, 5.74) is 4.93. The monoisotopic (exact) mass is 925 g/mol. The molecule has 6 nitrogen and oxygen atoms in total. The van der Waals surface area contributed by atoms with Crippen LogP contribution in [-0.4, -0.2) is 54.3 Å². The van der Waals surface area contributed by atoms with Crippen molar-refractivity contribution in [2.24, 2.45) is 0 Å². The molecule has 61 heavy (non-hydrogen) atoms. The normalized spacial score (nSPS) is 11.7. The first kappa shape index (κ1) is 58.1. The van der Waals surface area contributed by atoms with Crippen LogP contribution in [0.15, 0.2) is 97.1 Å². The number of rotatable bonds is 20. The molecule has 0 unspecified atom stereocenters. The lowest BCUT2D eigenvalue weighted by Crippen LogP contribution is -2.51. The van der Waals surface area contributed by atoms with Gasteiger partial charge in [-0.2, -0.15) is 0 Å². The molecule has 0 aliphatic heterocycles. The highest BCUT2D eigenvalue weighted by Gasteiger charge is 2.35. The van der Waals surface area contributed by atoms with Crippen LogP contribution < -0.4 is 18.3 Å². The quantitative estimate of drug-likeness (QED) is 0.0823. The molecule has 0 bridgehead atoms. The molecule has 4 aromatic rings. The third kappa shape index (κ3) is 26.3. The molecule has 0 N–H and O–H groups in total. The first-order chi connectivity index (χ1) is 27.4. The lowest BCUT2D eigenvalue weighted by molar-refractivity contribution is 0.329. The Bertz CT molecular complexity index is 1610.